The Kier molecular flexibility index (Phi) is 6.43. The van der Waals surface area contributed by atoms with Crippen LogP contribution in [-0.2, 0) is 19.6 Å². The molecular formula is C27H19N3O5S2. The second-order valence-corrected chi connectivity index (χ2v) is 10.1. The topological polar surface area (TPSA) is 97.7 Å². The average Bonchev–Trinajstić information content (AvgIpc) is 3.38. The van der Waals surface area contributed by atoms with Gasteiger partial charge in [0, 0.05) is 6.20 Å². The number of thiocarbonyl (C=S) groups is 1. The summed E-state index contributed by atoms with van der Waals surface area (Å²) in [6, 6.07) is 26.7. The Labute approximate surface area is 218 Å². The van der Waals surface area contributed by atoms with Gasteiger partial charge in [-0.15, -0.1) is 0 Å². The summed E-state index contributed by atoms with van der Waals surface area (Å²) < 4.78 is 33.1. The van der Waals surface area contributed by atoms with Gasteiger partial charge < -0.3 is 4.74 Å². The monoisotopic (exact) mass is 529 g/mol. The third-order valence-corrected chi connectivity index (χ3v) is 7.51. The van der Waals surface area contributed by atoms with Crippen molar-refractivity contribution in [3.05, 3.63) is 115 Å². The predicted octanol–water partition coefficient (Wildman–Crippen LogP) is 4.35. The van der Waals surface area contributed by atoms with E-state index in [1.165, 1.54) is 41.4 Å². The van der Waals surface area contributed by atoms with Gasteiger partial charge in [0.1, 0.15) is 17.1 Å². The molecule has 2 amide bonds. The third kappa shape index (κ3) is 4.80. The van der Waals surface area contributed by atoms with Gasteiger partial charge in [-0.25, -0.2) is 12.4 Å². The largest absolute Gasteiger partial charge is 0.457 e. The lowest BCUT2D eigenvalue weighted by atomic mass is 10.1. The summed E-state index contributed by atoms with van der Waals surface area (Å²) in [5, 5.41) is 2.42. The molecule has 1 aliphatic heterocycles. The molecule has 10 heteroatoms. The first-order chi connectivity index (χ1) is 17.8. The zero-order chi connectivity index (χ0) is 26.0. The molecule has 3 aromatic carbocycles. The second-order valence-electron chi connectivity index (χ2n) is 7.91. The van der Waals surface area contributed by atoms with E-state index in [0.717, 1.165) is 3.97 Å². The number of nitrogens with one attached hydrogen (secondary N) is 1. The number of carbonyl (C=O) groups is 2. The first kappa shape index (κ1) is 24.2. The first-order valence-electron chi connectivity index (χ1n) is 11.1. The third-order valence-electron chi connectivity index (χ3n) is 5.51. The minimum atomic E-state index is -3.94. The van der Waals surface area contributed by atoms with Gasteiger partial charge in [0.25, 0.3) is 21.8 Å². The highest BCUT2D eigenvalue weighted by Gasteiger charge is 2.35. The zero-order valence-corrected chi connectivity index (χ0v) is 20.8. The molecule has 1 saturated heterocycles. The van der Waals surface area contributed by atoms with E-state index in [4.69, 9.17) is 17.0 Å². The summed E-state index contributed by atoms with van der Waals surface area (Å²) in [6.45, 7) is 0. The number of aromatic nitrogens is 1. The fourth-order valence-corrected chi connectivity index (χ4v) is 5.37. The van der Waals surface area contributed by atoms with Crippen molar-refractivity contribution < 1.29 is 22.7 Å². The van der Waals surface area contributed by atoms with E-state index in [2.05, 4.69) is 5.32 Å². The molecule has 0 atom stereocenters. The maximum absolute atomic E-state index is 13.4. The van der Waals surface area contributed by atoms with E-state index in [1.807, 2.05) is 30.3 Å². The molecule has 4 aromatic rings. The number of amides is 2. The SMILES string of the molecule is O=C1NC(=S)N(c2ccc(Oc3ccccc3)cc2)C(=O)/C1=C/c1cccn1S(=O)(=O)c1ccccc1. The van der Waals surface area contributed by atoms with Crippen LogP contribution in [0.2, 0.25) is 0 Å². The van der Waals surface area contributed by atoms with Crippen molar-refractivity contribution >= 4 is 50.9 Å². The van der Waals surface area contributed by atoms with E-state index < -0.39 is 21.8 Å². The molecule has 0 bridgehead atoms. The quantitative estimate of drug-likeness (QED) is 0.227. The van der Waals surface area contributed by atoms with Crippen LogP contribution < -0.4 is 15.0 Å². The van der Waals surface area contributed by atoms with Crippen LogP contribution in [0.4, 0.5) is 5.69 Å². The second kappa shape index (κ2) is 9.84. The van der Waals surface area contributed by atoms with Crippen molar-refractivity contribution in [2.75, 3.05) is 4.90 Å². The molecule has 1 N–H and O–H groups in total. The summed E-state index contributed by atoms with van der Waals surface area (Å²) in [7, 11) is -3.94. The fourth-order valence-electron chi connectivity index (χ4n) is 3.74. The lowest BCUT2D eigenvalue weighted by molar-refractivity contribution is -0.122. The van der Waals surface area contributed by atoms with Crippen LogP contribution in [0, 0.1) is 0 Å². The maximum Gasteiger partial charge on any atom is 0.270 e. The van der Waals surface area contributed by atoms with Crippen LogP contribution in [-0.4, -0.2) is 29.3 Å². The van der Waals surface area contributed by atoms with Crippen LogP contribution in [0.25, 0.3) is 6.08 Å². The van der Waals surface area contributed by atoms with Crippen LogP contribution in [0.1, 0.15) is 5.69 Å². The minimum absolute atomic E-state index is 0.0749. The maximum atomic E-state index is 13.4. The number of para-hydroxylation sites is 1. The number of ether oxygens (including phenoxy) is 1. The van der Waals surface area contributed by atoms with E-state index in [1.54, 1.807) is 42.5 Å². The number of carbonyl (C=O) groups excluding carboxylic acids is 2. The lowest BCUT2D eigenvalue weighted by Gasteiger charge is -2.29. The van der Waals surface area contributed by atoms with Gasteiger partial charge in [0.15, 0.2) is 5.11 Å². The molecular weight excluding hydrogens is 510 g/mol. The number of hydrogen-bond donors (Lipinski definition) is 1. The molecule has 0 saturated carbocycles. The molecule has 1 fully saturated rings. The molecule has 184 valence electrons. The number of hydrogen-bond acceptors (Lipinski definition) is 6. The van der Waals surface area contributed by atoms with Crippen molar-refractivity contribution in [3.8, 4) is 11.5 Å². The molecule has 0 spiro atoms. The first-order valence-corrected chi connectivity index (χ1v) is 12.9. The van der Waals surface area contributed by atoms with E-state index in [9.17, 15) is 18.0 Å². The number of benzene rings is 3. The molecule has 0 radical (unpaired) electrons. The lowest BCUT2D eigenvalue weighted by Crippen LogP contribution is -2.54. The molecule has 2 heterocycles. The van der Waals surface area contributed by atoms with Gasteiger partial charge in [0.2, 0.25) is 0 Å². The molecule has 37 heavy (non-hydrogen) atoms. The average molecular weight is 530 g/mol. The van der Waals surface area contributed by atoms with Crippen molar-refractivity contribution in [1.82, 2.24) is 9.29 Å². The summed E-state index contributed by atoms with van der Waals surface area (Å²) >= 11 is 5.26. The summed E-state index contributed by atoms with van der Waals surface area (Å²) in [5.41, 5.74) is 0.289. The standard InChI is InChI=1S/C27H19N3O5S2/c31-25-24(18-20-8-7-17-29(20)37(33,34)23-11-5-2-6-12-23)26(32)30(27(36)28-25)19-13-15-22(16-14-19)35-21-9-3-1-4-10-21/h1-18H,(H,28,31,36)/b24-18+. The van der Waals surface area contributed by atoms with E-state index in [0.29, 0.717) is 17.2 Å². The van der Waals surface area contributed by atoms with Crippen molar-refractivity contribution in [1.29, 1.82) is 0 Å². The van der Waals surface area contributed by atoms with Gasteiger partial charge >= 0.3 is 0 Å². The van der Waals surface area contributed by atoms with Gasteiger partial charge in [-0.1, -0.05) is 36.4 Å². The Bertz CT molecular complexity index is 1630. The molecule has 1 aromatic heterocycles. The van der Waals surface area contributed by atoms with Crippen molar-refractivity contribution in [3.63, 3.8) is 0 Å². The van der Waals surface area contributed by atoms with Gasteiger partial charge in [-0.3, -0.25) is 19.8 Å². The highest BCUT2D eigenvalue weighted by molar-refractivity contribution is 7.90. The Balaban J connectivity index is 1.45. The van der Waals surface area contributed by atoms with E-state index in [-0.39, 0.29) is 21.3 Å². The summed E-state index contributed by atoms with van der Waals surface area (Å²) in [6.07, 6.45) is 2.59. The minimum Gasteiger partial charge on any atom is -0.457 e. The van der Waals surface area contributed by atoms with Crippen molar-refractivity contribution in [2.45, 2.75) is 4.90 Å². The smallest absolute Gasteiger partial charge is 0.270 e. The van der Waals surface area contributed by atoms with Crippen LogP contribution in [0.15, 0.2) is 114 Å². The number of anilines is 1. The van der Waals surface area contributed by atoms with Gasteiger partial charge in [-0.05, 0) is 79.0 Å². The predicted molar refractivity (Wildman–Crippen MR) is 143 cm³/mol. The Morgan fingerprint density at radius 1 is 0.784 bits per heavy atom. The van der Waals surface area contributed by atoms with Crippen molar-refractivity contribution in [2.24, 2.45) is 0 Å². The summed E-state index contributed by atoms with van der Waals surface area (Å²) in [4.78, 5) is 27.4. The Hall–Kier alpha value is -4.54. The van der Waals surface area contributed by atoms with Crippen LogP contribution in [0.3, 0.4) is 0 Å². The zero-order valence-electron chi connectivity index (χ0n) is 19.1. The van der Waals surface area contributed by atoms with Crippen LogP contribution in [0.5, 0.6) is 11.5 Å². The molecule has 5 rings (SSSR count). The molecule has 8 nitrogen and oxygen atoms in total. The highest BCUT2D eigenvalue weighted by Crippen LogP contribution is 2.27. The Morgan fingerprint density at radius 3 is 2.08 bits per heavy atom. The van der Waals surface area contributed by atoms with Gasteiger partial charge in [-0.2, -0.15) is 0 Å². The number of rotatable bonds is 6. The Morgan fingerprint density at radius 2 is 1.41 bits per heavy atom. The normalized spacial score (nSPS) is 15.1. The fraction of sp³-hybridized carbons (Fsp3) is 0. The van der Waals surface area contributed by atoms with Gasteiger partial charge in [0.05, 0.1) is 16.3 Å². The summed E-state index contributed by atoms with van der Waals surface area (Å²) in [5.74, 6) is -0.199. The molecule has 1 aliphatic rings. The van der Waals surface area contributed by atoms with E-state index >= 15 is 0 Å². The number of nitrogens with zero attached hydrogens (tertiary/aromatic N) is 2. The highest BCUT2D eigenvalue weighted by atomic mass is 32.2. The van der Waals surface area contributed by atoms with Crippen LogP contribution >= 0.6 is 12.2 Å². The molecule has 0 unspecified atom stereocenters. The molecule has 0 aliphatic carbocycles.